The van der Waals surface area contributed by atoms with Gasteiger partial charge in [-0.2, -0.15) is 0 Å². The molecule has 3 N–H and O–H groups in total. The molecule has 1 atom stereocenters. The van der Waals surface area contributed by atoms with Crippen molar-refractivity contribution in [3.8, 4) is 0 Å². The van der Waals surface area contributed by atoms with Gasteiger partial charge in [-0.3, -0.25) is 9.69 Å². The second-order valence-electron chi connectivity index (χ2n) is 3.85. The summed E-state index contributed by atoms with van der Waals surface area (Å²) in [5, 5.41) is 2.84. The highest BCUT2D eigenvalue weighted by Crippen LogP contribution is 2.14. The monoisotopic (exact) mass is 169 g/mol. The van der Waals surface area contributed by atoms with Gasteiger partial charge in [0.15, 0.2) is 0 Å². The number of nitrogens with one attached hydrogen (secondary N) is 1. The van der Waals surface area contributed by atoms with Crippen molar-refractivity contribution in [1.82, 2.24) is 10.2 Å². The molecule has 0 bridgehead atoms. The molecular formula is C8H15N3O. The van der Waals surface area contributed by atoms with E-state index in [4.69, 9.17) is 5.73 Å². The van der Waals surface area contributed by atoms with Gasteiger partial charge in [0.1, 0.15) is 0 Å². The smallest absolute Gasteiger partial charge is 0.220 e. The number of nitrogens with two attached hydrogens (primary N) is 1. The fourth-order valence-electron chi connectivity index (χ4n) is 1.92. The Kier molecular flexibility index (Phi) is 2.02. The molecule has 1 unspecified atom stereocenters. The summed E-state index contributed by atoms with van der Waals surface area (Å²) in [7, 11) is 0. The van der Waals surface area contributed by atoms with Gasteiger partial charge in [0.05, 0.1) is 0 Å². The standard InChI is InChI=1S/C8H15N3O/c9-7-4-11(5-7)3-6-1-8(12)10-2-6/h6-7H,1-5,9H2,(H,10,12). The first kappa shape index (κ1) is 8.01. The van der Waals surface area contributed by atoms with Crippen molar-refractivity contribution in [2.45, 2.75) is 12.5 Å². The van der Waals surface area contributed by atoms with Crippen LogP contribution in [0.5, 0.6) is 0 Å². The molecule has 1 amide bonds. The van der Waals surface area contributed by atoms with Crippen LogP contribution in [0.25, 0.3) is 0 Å². The number of carbonyl (C=O) groups is 1. The Morgan fingerprint density at radius 1 is 1.58 bits per heavy atom. The highest BCUT2D eigenvalue weighted by Gasteiger charge is 2.28. The SMILES string of the molecule is NC1CN(CC2CNC(=O)C2)C1. The molecule has 2 rings (SSSR count). The molecular weight excluding hydrogens is 154 g/mol. The zero-order chi connectivity index (χ0) is 8.55. The van der Waals surface area contributed by atoms with Crippen molar-refractivity contribution >= 4 is 5.91 Å². The van der Waals surface area contributed by atoms with Gasteiger partial charge >= 0.3 is 0 Å². The van der Waals surface area contributed by atoms with Crippen molar-refractivity contribution in [2.75, 3.05) is 26.2 Å². The van der Waals surface area contributed by atoms with E-state index < -0.39 is 0 Å². The maximum atomic E-state index is 10.9. The lowest BCUT2D eigenvalue weighted by Crippen LogP contribution is -2.56. The normalized spacial score (nSPS) is 31.8. The molecule has 0 aromatic carbocycles. The topological polar surface area (TPSA) is 58.4 Å². The van der Waals surface area contributed by atoms with Gasteiger partial charge in [-0.15, -0.1) is 0 Å². The lowest BCUT2D eigenvalue weighted by Gasteiger charge is -2.38. The minimum absolute atomic E-state index is 0.199. The predicted octanol–water partition coefficient (Wildman–Crippen LogP) is -1.23. The van der Waals surface area contributed by atoms with E-state index in [0.29, 0.717) is 18.4 Å². The fourth-order valence-corrected chi connectivity index (χ4v) is 1.92. The molecule has 0 aromatic heterocycles. The maximum Gasteiger partial charge on any atom is 0.220 e. The van der Waals surface area contributed by atoms with Crippen LogP contribution in [0.4, 0.5) is 0 Å². The summed E-state index contributed by atoms with van der Waals surface area (Å²) in [5.74, 6) is 0.717. The number of likely N-dealkylation sites (tertiary alicyclic amines) is 1. The predicted molar refractivity (Wildman–Crippen MR) is 45.5 cm³/mol. The van der Waals surface area contributed by atoms with Gasteiger partial charge in [0.25, 0.3) is 0 Å². The number of nitrogens with zero attached hydrogens (tertiary/aromatic N) is 1. The van der Waals surface area contributed by atoms with E-state index in [-0.39, 0.29) is 5.91 Å². The van der Waals surface area contributed by atoms with E-state index in [2.05, 4.69) is 10.2 Å². The van der Waals surface area contributed by atoms with Crippen LogP contribution in [0.3, 0.4) is 0 Å². The minimum Gasteiger partial charge on any atom is -0.356 e. The van der Waals surface area contributed by atoms with Crippen molar-refractivity contribution in [1.29, 1.82) is 0 Å². The lowest BCUT2D eigenvalue weighted by atomic mass is 10.0. The summed E-state index contributed by atoms with van der Waals surface area (Å²) in [6, 6.07) is 0.370. The Bertz CT molecular complexity index is 189. The van der Waals surface area contributed by atoms with Crippen molar-refractivity contribution < 1.29 is 4.79 Å². The third-order valence-corrected chi connectivity index (χ3v) is 2.56. The van der Waals surface area contributed by atoms with E-state index in [0.717, 1.165) is 26.2 Å². The molecule has 0 radical (unpaired) electrons. The summed E-state index contributed by atoms with van der Waals surface area (Å²) in [4.78, 5) is 13.2. The van der Waals surface area contributed by atoms with Crippen LogP contribution in [0, 0.1) is 5.92 Å². The van der Waals surface area contributed by atoms with Crippen molar-refractivity contribution in [3.05, 3.63) is 0 Å². The zero-order valence-corrected chi connectivity index (χ0v) is 7.12. The molecule has 0 spiro atoms. The van der Waals surface area contributed by atoms with E-state index >= 15 is 0 Å². The Morgan fingerprint density at radius 3 is 2.83 bits per heavy atom. The first-order chi connectivity index (χ1) is 5.74. The lowest BCUT2D eigenvalue weighted by molar-refractivity contribution is -0.119. The average Bonchev–Trinajstić information content (AvgIpc) is 2.33. The summed E-state index contributed by atoms with van der Waals surface area (Å²) >= 11 is 0. The Morgan fingerprint density at radius 2 is 2.33 bits per heavy atom. The van der Waals surface area contributed by atoms with Gasteiger partial charge in [-0.1, -0.05) is 0 Å². The van der Waals surface area contributed by atoms with Crippen molar-refractivity contribution in [3.63, 3.8) is 0 Å². The maximum absolute atomic E-state index is 10.9. The highest BCUT2D eigenvalue weighted by atomic mass is 16.1. The molecule has 0 aliphatic carbocycles. The van der Waals surface area contributed by atoms with Crippen LogP contribution < -0.4 is 11.1 Å². The van der Waals surface area contributed by atoms with Crippen LogP contribution in [-0.4, -0.2) is 43.0 Å². The summed E-state index contributed by atoms with van der Waals surface area (Å²) in [6.45, 7) is 3.90. The van der Waals surface area contributed by atoms with Gasteiger partial charge in [-0.05, 0) is 5.92 Å². The fraction of sp³-hybridized carbons (Fsp3) is 0.875. The largest absolute Gasteiger partial charge is 0.356 e. The molecule has 68 valence electrons. The second-order valence-corrected chi connectivity index (χ2v) is 3.85. The molecule has 2 heterocycles. The molecule has 2 aliphatic heterocycles. The van der Waals surface area contributed by atoms with Gasteiger partial charge in [0.2, 0.25) is 5.91 Å². The molecule has 2 aliphatic rings. The summed E-state index contributed by atoms with van der Waals surface area (Å²) < 4.78 is 0. The van der Waals surface area contributed by atoms with E-state index in [1.165, 1.54) is 0 Å². The minimum atomic E-state index is 0.199. The molecule has 2 fully saturated rings. The Hall–Kier alpha value is -0.610. The molecule has 4 heteroatoms. The van der Waals surface area contributed by atoms with Crippen LogP contribution >= 0.6 is 0 Å². The van der Waals surface area contributed by atoms with Gasteiger partial charge < -0.3 is 11.1 Å². The van der Waals surface area contributed by atoms with Crippen molar-refractivity contribution in [2.24, 2.45) is 11.7 Å². The van der Waals surface area contributed by atoms with E-state index in [9.17, 15) is 4.79 Å². The Balaban J connectivity index is 1.70. The zero-order valence-electron chi connectivity index (χ0n) is 7.12. The van der Waals surface area contributed by atoms with Crippen LogP contribution in [0.15, 0.2) is 0 Å². The number of hydrogen-bond donors (Lipinski definition) is 2. The van der Waals surface area contributed by atoms with Gasteiger partial charge in [-0.25, -0.2) is 0 Å². The summed E-state index contributed by atoms with van der Waals surface area (Å²) in [5.41, 5.74) is 5.65. The first-order valence-corrected chi connectivity index (χ1v) is 4.48. The number of amides is 1. The van der Waals surface area contributed by atoms with Crippen LogP contribution in [-0.2, 0) is 4.79 Å². The number of rotatable bonds is 2. The highest BCUT2D eigenvalue weighted by molar-refractivity contribution is 5.78. The molecule has 12 heavy (non-hydrogen) atoms. The average molecular weight is 169 g/mol. The molecule has 2 saturated heterocycles. The van der Waals surface area contributed by atoms with Gasteiger partial charge in [0, 0.05) is 38.6 Å². The first-order valence-electron chi connectivity index (χ1n) is 4.48. The number of carbonyl (C=O) groups excluding carboxylic acids is 1. The third kappa shape index (κ3) is 1.59. The van der Waals surface area contributed by atoms with E-state index in [1.54, 1.807) is 0 Å². The molecule has 0 saturated carbocycles. The number of hydrogen-bond acceptors (Lipinski definition) is 3. The Labute approximate surface area is 72.1 Å². The van der Waals surface area contributed by atoms with E-state index in [1.807, 2.05) is 0 Å². The molecule has 4 nitrogen and oxygen atoms in total. The second kappa shape index (κ2) is 3.03. The van der Waals surface area contributed by atoms with Crippen LogP contribution in [0.1, 0.15) is 6.42 Å². The summed E-state index contributed by atoms with van der Waals surface area (Å²) in [6.07, 6.45) is 0.700. The third-order valence-electron chi connectivity index (χ3n) is 2.56. The quantitative estimate of drug-likeness (QED) is 0.544. The van der Waals surface area contributed by atoms with Crippen LogP contribution in [0.2, 0.25) is 0 Å². The molecule has 0 aromatic rings.